The molecule has 1 aromatic heterocycles. The zero-order valence-electron chi connectivity index (χ0n) is 11.0. The molecule has 0 aliphatic heterocycles. The number of pyridine rings is 1. The van der Waals surface area contributed by atoms with E-state index in [9.17, 15) is 4.79 Å². The fourth-order valence-corrected chi connectivity index (χ4v) is 2.77. The Morgan fingerprint density at radius 2 is 2.05 bits per heavy atom. The summed E-state index contributed by atoms with van der Waals surface area (Å²) in [6.45, 7) is 2.20. The topological polar surface area (TPSA) is 42.0 Å². The molecule has 0 spiro atoms. The van der Waals surface area contributed by atoms with Crippen molar-refractivity contribution in [1.29, 1.82) is 0 Å². The standard InChI is InChI=1S/C14H18Cl2N2O/c1-9-5-3-2-4-6-12(9)18-14(19)10-7-11(15)13(16)17-8-10/h7-9,12H,2-6H2,1H3,(H,18,19). The molecule has 1 N–H and O–H groups in total. The van der Waals surface area contributed by atoms with Gasteiger partial charge < -0.3 is 5.32 Å². The van der Waals surface area contributed by atoms with Crippen molar-refractivity contribution in [3.05, 3.63) is 28.0 Å². The van der Waals surface area contributed by atoms with E-state index in [0.717, 1.165) is 6.42 Å². The molecule has 0 bridgehead atoms. The van der Waals surface area contributed by atoms with Gasteiger partial charge >= 0.3 is 0 Å². The first-order chi connectivity index (χ1) is 9.08. The average Bonchev–Trinajstić information content (AvgIpc) is 2.58. The first kappa shape index (κ1) is 14.6. The van der Waals surface area contributed by atoms with E-state index in [1.807, 2.05) is 0 Å². The third-order valence-corrected chi connectivity index (χ3v) is 4.42. The number of hydrogen-bond acceptors (Lipinski definition) is 2. The van der Waals surface area contributed by atoms with Crippen molar-refractivity contribution in [3.63, 3.8) is 0 Å². The Balaban J connectivity index is 2.05. The average molecular weight is 301 g/mol. The zero-order valence-corrected chi connectivity index (χ0v) is 12.5. The van der Waals surface area contributed by atoms with E-state index in [1.165, 1.54) is 31.9 Å². The largest absolute Gasteiger partial charge is 0.349 e. The quantitative estimate of drug-likeness (QED) is 0.660. The Hall–Kier alpha value is -0.800. The van der Waals surface area contributed by atoms with Gasteiger partial charge in [0, 0.05) is 12.2 Å². The van der Waals surface area contributed by atoms with E-state index in [4.69, 9.17) is 23.2 Å². The van der Waals surface area contributed by atoms with Gasteiger partial charge in [-0.1, -0.05) is 49.4 Å². The predicted octanol–water partition coefficient (Wildman–Crippen LogP) is 4.09. The van der Waals surface area contributed by atoms with Crippen LogP contribution in [0.4, 0.5) is 0 Å². The Morgan fingerprint density at radius 1 is 1.32 bits per heavy atom. The van der Waals surface area contributed by atoms with Crippen molar-refractivity contribution in [1.82, 2.24) is 10.3 Å². The van der Waals surface area contributed by atoms with Crippen LogP contribution in [0.3, 0.4) is 0 Å². The lowest BCUT2D eigenvalue weighted by Crippen LogP contribution is -2.38. The second-order valence-corrected chi connectivity index (χ2v) is 5.96. The summed E-state index contributed by atoms with van der Waals surface area (Å²) in [5.74, 6) is 0.395. The van der Waals surface area contributed by atoms with Crippen LogP contribution >= 0.6 is 23.2 Å². The molecule has 1 aliphatic rings. The highest BCUT2D eigenvalue weighted by Crippen LogP contribution is 2.24. The minimum absolute atomic E-state index is 0.121. The second kappa shape index (κ2) is 6.58. The molecule has 19 heavy (non-hydrogen) atoms. The Labute approximate surface area is 123 Å². The molecule has 0 aromatic carbocycles. The summed E-state index contributed by atoms with van der Waals surface area (Å²) in [6, 6.07) is 1.80. The molecule has 1 amide bonds. The number of rotatable bonds is 2. The number of carbonyl (C=O) groups excluding carboxylic acids is 1. The Kier molecular flexibility index (Phi) is 5.06. The molecule has 2 unspecified atom stereocenters. The summed E-state index contributed by atoms with van der Waals surface area (Å²) in [7, 11) is 0. The summed E-state index contributed by atoms with van der Waals surface area (Å²) in [6.07, 6.45) is 7.36. The van der Waals surface area contributed by atoms with E-state index >= 15 is 0 Å². The van der Waals surface area contributed by atoms with Crippen molar-refractivity contribution >= 4 is 29.1 Å². The second-order valence-electron chi connectivity index (χ2n) is 5.19. The van der Waals surface area contributed by atoms with E-state index in [1.54, 1.807) is 6.07 Å². The molecule has 1 heterocycles. The van der Waals surface area contributed by atoms with Crippen LogP contribution < -0.4 is 5.32 Å². The molecule has 2 atom stereocenters. The van der Waals surface area contributed by atoms with Gasteiger partial charge in [0.1, 0.15) is 5.15 Å². The molecule has 1 fully saturated rings. The molecule has 3 nitrogen and oxygen atoms in total. The fraction of sp³-hybridized carbons (Fsp3) is 0.571. The van der Waals surface area contributed by atoms with Gasteiger partial charge in [-0.15, -0.1) is 0 Å². The molecular weight excluding hydrogens is 283 g/mol. The number of aromatic nitrogens is 1. The minimum atomic E-state index is -0.121. The molecule has 104 valence electrons. The van der Waals surface area contributed by atoms with Crippen LogP contribution in [0.25, 0.3) is 0 Å². The van der Waals surface area contributed by atoms with E-state index in [0.29, 0.717) is 16.5 Å². The van der Waals surface area contributed by atoms with E-state index < -0.39 is 0 Å². The zero-order chi connectivity index (χ0) is 13.8. The summed E-state index contributed by atoms with van der Waals surface area (Å²) in [5.41, 5.74) is 0.464. The molecule has 1 saturated carbocycles. The van der Waals surface area contributed by atoms with Gasteiger partial charge in [-0.3, -0.25) is 4.79 Å². The van der Waals surface area contributed by atoms with Crippen molar-refractivity contribution in [2.24, 2.45) is 5.92 Å². The van der Waals surface area contributed by atoms with Gasteiger partial charge in [0.15, 0.2) is 0 Å². The maximum Gasteiger partial charge on any atom is 0.253 e. The number of hydrogen-bond donors (Lipinski definition) is 1. The molecule has 1 aromatic rings. The normalized spacial score (nSPS) is 23.7. The number of carbonyl (C=O) groups is 1. The van der Waals surface area contributed by atoms with Gasteiger partial charge in [0.2, 0.25) is 0 Å². The lowest BCUT2D eigenvalue weighted by atomic mass is 9.97. The van der Waals surface area contributed by atoms with E-state index in [2.05, 4.69) is 17.2 Å². The lowest BCUT2D eigenvalue weighted by molar-refractivity contribution is 0.0921. The summed E-state index contributed by atoms with van der Waals surface area (Å²) in [5, 5.41) is 3.62. The van der Waals surface area contributed by atoms with Gasteiger partial charge in [-0.2, -0.15) is 0 Å². The van der Waals surface area contributed by atoms with Crippen LogP contribution in [0.1, 0.15) is 49.4 Å². The first-order valence-corrected chi connectivity index (χ1v) is 7.45. The SMILES string of the molecule is CC1CCCCCC1NC(=O)c1cnc(Cl)c(Cl)c1. The Morgan fingerprint density at radius 3 is 2.79 bits per heavy atom. The molecule has 0 saturated heterocycles. The third-order valence-electron chi connectivity index (χ3n) is 3.74. The maximum atomic E-state index is 12.2. The maximum absolute atomic E-state index is 12.2. The molecule has 5 heteroatoms. The van der Waals surface area contributed by atoms with Crippen molar-refractivity contribution < 1.29 is 4.79 Å². The van der Waals surface area contributed by atoms with E-state index in [-0.39, 0.29) is 17.1 Å². The van der Waals surface area contributed by atoms with Gasteiger partial charge in [0.05, 0.1) is 10.6 Å². The smallest absolute Gasteiger partial charge is 0.253 e. The summed E-state index contributed by atoms with van der Waals surface area (Å²) in [4.78, 5) is 16.1. The lowest BCUT2D eigenvalue weighted by Gasteiger charge is -2.22. The summed E-state index contributed by atoms with van der Waals surface area (Å²) >= 11 is 11.6. The Bertz CT molecular complexity index is 465. The number of halogens is 2. The highest BCUT2D eigenvalue weighted by atomic mass is 35.5. The van der Waals surface area contributed by atoms with Crippen molar-refractivity contribution in [2.45, 2.75) is 45.1 Å². The molecule has 2 rings (SSSR count). The number of nitrogens with one attached hydrogen (secondary N) is 1. The van der Waals surface area contributed by atoms with Crippen LogP contribution in [-0.2, 0) is 0 Å². The third kappa shape index (κ3) is 3.83. The fourth-order valence-electron chi connectivity index (χ4n) is 2.50. The van der Waals surface area contributed by atoms with Crippen LogP contribution in [0.2, 0.25) is 10.2 Å². The number of nitrogens with zero attached hydrogens (tertiary/aromatic N) is 1. The molecule has 0 radical (unpaired) electrons. The van der Waals surface area contributed by atoms with Gasteiger partial charge in [-0.05, 0) is 24.8 Å². The molecular formula is C14H18Cl2N2O. The van der Waals surface area contributed by atoms with Crippen LogP contribution in [-0.4, -0.2) is 16.9 Å². The number of amides is 1. The predicted molar refractivity (Wildman–Crippen MR) is 77.8 cm³/mol. The summed E-state index contributed by atoms with van der Waals surface area (Å²) < 4.78 is 0. The van der Waals surface area contributed by atoms with Gasteiger partial charge in [0.25, 0.3) is 5.91 Å². The minimum Gasteiger partial charge on any atom is -0.349 e. The molecule has 1 aliphatic carbocycles. The van der Waals surface area contributed by atoms with Gasteiger partial charge in [-0.25, -0.2) is 4.98 Å². The van der Waals surface area contributed by atoms with Crippen LogP contribution in [0.15, 0.2) is 12.3 Å². The van der Waals surface area contributed by atoms with Crippen LogP contribution in [0.5, 0.6) is 0 Å². The van der Waals surface area contributed by atoms with Crippen LogP contribution in [0, 0.1) is 5.92 Å². The highest BCUT2D eigenvalue weighted by Gasteiger charge is 2.22. The van der Waals surface area contributed by atoms with Crippen molar-refractivity contribution in [2.75, 3.05) is 0 Å². The first-order valence-electron chi connectivity index (χ1n) is 6.70. The van der Waals surface area contributed by atoms with Crippen molar-refractivity contribution in [3.8, 4) is 0 Å². The monoisotopic (exact) mass is 300 g/mol. The highest BCUT2D eigenvalue weighted by molar-refractivity contribution is 6.41.